The minimum Gasteiger partial charge on any atom is -0.295 e. The highest BCUT2D eigenvalue weighted by atomic mass is 15.3. The fourth-order valence-corrected chi connectivity index (χ4v) is 4.01. The molecule has 0 aromatic rings. The highest BCUT2D eigenvalue weighted by molar-refractivity contribution is 5.13. The summed E-state index contributed by atoms with van der Waals surface area (Å²) in [5, 5.41) is 0. The molecule has 2 unspecified atom stereocenters. The standard InChI is InChI=1S/C12H21N/c1-11-5-3-4-10(8-11)9-12(6-7-12)13(11)2/h10H,3-9H2,1-2H3. The number of hydrogen-bond donors (Lipinski definition) is 0. The Balaban J connectivity index is 1.92. The smallest absolute Gasteiger partial charge is 0.0216 e. The Bertz CT molecular complexity index is 229. The molecule has 2 aliphatic carbocycles. The third-order valence-corrected chi connectivity index (χ3v) is 5.07. The average Bonchev–Trinajstić information content (AvgIpc) is 2.83. The van der Waals surface area contributed by atoms with Crippen LogP contribution in [0.25, 0.3) is 0 Å². The first-order valence-electron chi connectivity index (χ1n) is 5.89. The first kappa shape index (κ1) is 8.28. The fraction of sp³-hybridized carbons (Fsp3) is 1.00. The third kappa shape index (κ3) is 1.03. The minimum absolute atomic E-state index is 0.567. The van der Waals surface area contributed by atoms with Crippen LogP contribution in [0.15, 0.2) is 0 Å². The van der Waals surface area contributed by atoms with E-state index < -0.39 is 0 Å². The van der Waals surface area contributed by atoms with Crippen molar-refractivity contribution >= 4 is 0 Å². The van der Waals surface area contributed by atoms with Crippen molar-refractivity contribution in [2.75, 3.05) is 7.05 Å². The van der Waals surface area contributed by atoms with E-state index in [1.54, 1.807) is 0 Å². The van der Waals surface area contributed by atoms with E-state index in [0.717, 1.165) is 5.92 Å². The predicted octanol–water partition coefficient (Wildman–Crippen LogP) is 2.80. The van der Waals surface area contributed by atoms with E-state index in [0.29, 0.717) is 11.1 Å². The van der Waals surface area contributed by atoms with Gasteiger partial charge in [0.25, 0.3) is 0 Å². The molecule has 0 radical (unpaired) electrons. The number of piperidine rings is 1. The maximum Gasteiger partial charge on any atom is 0.0216 e. The lowest BCUT2D eigenvalue weighted by Crippen LogP contribution is -2.58. The number of fused-ring (bicyclic) bond motifs is 2. The SMILES string of the molecule is CN1C2(C)CCCC(C2)CC12CC2. The zero-order chi connectivity index (χ0) is 9.10. The van der Waals surface area contributed by atoms with Crippen LogP contribution < -0.4 is 0 Å². The molecule has 1 nitrogen and oxygen atoms in total. The van der Waals surface area contributed by atoms with Crippen LogP contribution in [0, 0.1) is 5.92 Å². The summed E-state index contributed by atoms with van der Waals surface area (Å²) in [6.07, 6.45) is 10.4. The van der Waals surface area contributed by atoms with E-state index >= 15 is 0 Å². The lowest BCUT2D eigenvalue weighted by molar-refractivity contribution is -0.0369. The molecular formula is C12H21N. The largest absolute Gasteiger partial charge is 0.295 e. The van der Waals surface area contributed by atoms with Crippen LogP contribution in [-0.4, -0.2) is 23.0 Å². The van der Waals surface area contributed by atoms with Crippen molar-refractivity contribution in [3.8, 4) is 0 Å². The van der Waals surface area contributed by atoms with Crippen molar-refractivity contribution in [2.45, 2.75) is 62.9 Å². The van der Waals surface area contributed by atoms with E-state index in [2.05, 4.69) is 18.9 Å². The molecule has 1 aliphatic heterocycles. The van der Waals surface area contributed by atoms with E-state index in [4.69, 9.17) is 0 Å². The van der Waals surface area contributed by atoms with Crippen LogP contribution in [0.1, 0.15) is 51.9 Å². The molecule has 1 heteroatoms. The molecule has 2 atom stereocenters. The molecule has 0 aromatic heterocycles. The molecule has 0 amide bonds. The summed E-state index contributed by atoms with van der Waals surface area (Å²) in [5.74, 6) is 1.07. The number of likely N-dealkylation sites (tertiary alicyclic amines) is 1. The molecule has 2 bridgehead atoms. The summed E-state index contributed by atoms with van der Waals surface area (Å²) >= 11 is 0. The first-order chi connectivity index (χ1) is 6.15. The lowest BCUT2D eigenvalue weighted by Gasteiger charge is -2.54. The third-order valence-electron chi connectivity index (χ3n) is 5.07. The highest BCUT2D eigenvalue weighted by Crippen LogP contribution is 2.57. The van der Waals surface area contributed by atoms with Crippen molar-refractivity contribution in [2.24, 2.45) is 5.92 Å². The van der Waals surface area contributed by atoms with Gasteiger partial charge >= 0.3 is 0 Å². The Morgan fingerprint density at radius 1 is 1.15 bits per heavy atom. The van der Waals surface area contributed by atoms with Gasteiger partial charge in [-0.2, -0.15) is 0 Å². The fourth-order valence-electron chi connectivity index (χ4n) is 4.01. The van der Waals surface area contributed by atoms with Gasteiger partial charge < -0.3 is 0 Å². The number of nitrogens with zero attached hydrogens (tertiary/aromatic N) is 1. The van der Waals surface area contributed by atoms with Gasteiger partial charge in [-0.05, 0) is 52.0 Å². The van der Waals surface area contributed by atoms with Gasteiger partial charge in [0.15, 0.2) is 0 Å². The Labute approximate surface area is 81.5 Å². The summed E-state index contributed by atoms with van der Waals surface area (Å²) < 4.78 is 0. The molecule has 74 valence electrons. The topological polar surface area (TPSA) is 3.24 Å². The van der Waals surface area contributed by atoms with Gasteiger partial charge in [-0.15, -0.1) is 0 Å². The average molecular weight is 179 g/mol. The van der Waals surface area contributed by atoms with Crippen molar-refractivity contribution in [3.63, 3.8) is 0 Å². The Morgan fingerprint density at radius 3 is 2.62 bits per heavy atom. The molecule has 3 rings (SSSR count). The second-order valence-electron chi connectivity index (χ2n) is 5.95. The van der Waals surface area contributed by atoms with Gasteiger partial charge in [0.1, 0.15) is 0 Å². The number of rotatable bonds is 0. The monoisotopic (exact) mass is 179 g/mol. The first-order valence-corrected chi connectivity index (χ1v) is 5.89. The minimum atomic E-state index is 0.567. The van der Waals surface area contributed by atoms with E-state index in [1.165, 1.54) is 44.9 Å². The van der Waals surface area contributed by atoms with Crippen LogP contribution in [0.4, 0.5) is 0 Å². The molecule has 0 N–H and O–H groups in total. The Morgan fingerprint density at radius 2 is 1.92 bits per heavy atom. The summed E-state index contributed by atoms with van der Waals surface area (Å²) in [6, 6.07) is 0. The van der Waals surface area contributed by atoms with E-state index in [1.807, 2.05) is 0 Å². The van der Waals surface area contributed by atoms with Gasteiger partial charge in [-0.25, -0.2) is 0 Å². The van der Waals surface area contributed by atoms with Gasteiger partial charge in [0.2, 0.25) is 0 Å². The van der Waals surface area contributed by atoms with Crippen molar-refractivity contribution < 1.29 is 0 Å². The maximum atomic E-state index is 2.75. The molecule has 2 saturated carbocycles. The summed E-state index contributed by atoms with van der Waals surface area (Å²) in [7, 11) is 2.38. The molecule has 0 aromatic carbocycles. The lowest BCUT2D eigenvalue weighted by atomic mass is 9.68. The zero-order valence-electron chi connectivity index (χ0n) is 8.97. The Kier molecular flexibility index (Phi) is 1.47. The predicted molar refractivity (Wildman–Crippen MR) is 54.7 cm³/mol. The van der Waals surface area contributed by atoms with Crippen LogP contribution in [0.3, 0.4) is 0 Å². The van der Waals surface area contributed by atoms with Crippen LogP contribution in [0.2, 0.25) is 0 Å². The Hall–Kier alpha value is -0.0400. The summed E-state index contributed by atoms with van der Waals surface area (Å²) in [6.45, 7) is 2.50. The highest BCUT2D eigenvalue weighted by Gasteiger charge is 2.57. The maximum absolute atomic E-state index is 2.75. The summed E-state index contributed by atoms with van der Waals surface area (Å²) in [4.78, 5) is 2.75. The molecule has 3 aliphatic rings. The molecule has 1 spiro atoms. The molecular weight excluding hydrogens is 158 g/mol. The second-order valence-corrected chi connectivity index (χ2v) is 5.95. The van der Waals surface area contributed by atoms with Crippen LogP contribution >= 0.6 is 0 Å². The van der Waals surface area contributed by atoms with Gasteiger partial charge in [0, 0.05) is 11.1 Å². The van der Waals surface area contributed by atoms with Crippen LogP contribution in [-0.2, 0) is 0 Å². The molecule has 3 fully saturated rings. The number of hydrogen-bond acceptors (Lipinski definition) is 1. The van der Waals surface area contributed by atoms with Gasteiger partial charge in [-0.1, -0.05) is 12.8 Å². The van der Waals surface area contributed by atoms with E-state index in [-0.39, 0.29) is 0 Å². The van der Waals surface area contributed by atoms with Gasteiger partial charge in [0.05, 0.1) is 0 Å². The zero-order valence-corrected chi connectivity index (χ0v) is 8.97. The molecule has 1 heterocycles. The molecule has 13 heavy (non-hydrogen) atoms. The van der Waals surface area contributed by atoms with E-state index in [9.17, 15) is 0 Å². The van der Waals surface area contributed by atoms with Crippen molar-refractivity contribution in [3.05, 3.63) is 0 Å². The normalized spacial score (nSPS) is 48.0. The molecule has 1 saturated heterocycles. The van der Waals surface area contributed by atoms with Crippen LogP contribution in [0.5, 0.6) is 0 Å². The second kappa shape index (κ2) is 2.31. The quantitative estimate of drug-likeness (QED) is 0.552. The van der Waals surface area contributed by atoms with Crippen molar-refractivity contribution in [1.82, 2.24) is 4.90 Å². The summed E-state index contributed by atoms with van der Waals surface area (Å²) in [5.41, 5.74) is 1.25. The van der Waals surface area contributed by atoms with Gasteiger partial charge in [-0.3, -0.25) is 4.90 Å². The van der Waals surface area contributed by atoms with Crippen molar-refractivity contribution in [1.29, 1.82) is 0 Å².